The molecule has 0 radical (unpaired) electrons. The monoisotopic (exact) mass is 347 g/mol. The molecule has 1 saturated heterocycles. The number of nitrogens with zero attached hydrogens (tertiary/aromatic N) is 1. The van der Waals surface area contributed by atoms with Gasteiger partial charge in [-0.15, -0.1) is 0 Å². The topological polar surface area (TPSA) is 85.5 Å². The van der Waals surface area contributed by atoms with Crippen LogP contribution in [0.2, 0.25) is 0 Å². The molecule has 1 aliphatic heterocycles. The predicted molar refractivity (Wildman–Crippen MR) is 100.0 cm³/mol. The number of amides is 3. The summed E-state index contributed by atoms with van der Waals surface area (Å²) in [5.41, 5.74) is 1.25. The molecular weight excluding hydrogens is 318 g/mol. The summed E-state index contributed by atoms with van der Waals surface area (Å²) in [6.07, 6.45) is 0.945. The minimum absolute atomic E-state index is 0.0752. The summed E-state index contributed by atoms with van der Waals surface area (Å²) in [7, 11) is 0. The molecule has 1 aromatic carbocycles. The fraction of sp³-hybridized carbons (Fsp3) is 0.556. The highest BCUT2D eigenvalue weighted by Crippen LogP contribution is 2.09. The Hall–Kier alpha value is -2.12. The van der Waals surface area contributed by atoms with E-state index in [4.69, 9.17) is 0 Å². The van der Waals surface area contributed by atoms with E-state index in [1.807, 2.05) is 13.8 Å². The normalized spacial score (nSPS) is 15.0. The number of nitrogens with one attached hydrogen (secondary N) is 4. The zero-order chi connectivity index (χ0) is 18.1. The minimum atomic E-state index is -0.250. The Bertz CT molecular complexity index is 553. The van der Waals surface area contributed by atoms with Crippen molar-refractivity contribution in [3.8, 4) is 0 Å². The summed E-state index contributed by atoms with van der Waals surface area (Å²) in [5, 5.41) is 11.8. The number of anilines is 1. The van der Waals surface area contributed by atoms with Crippen LogP contribution in [0.25, 0.3) is 0 Å². The molecule has 7 heteroatoms. The van der Waals surface area contributed by atoms with Crippen LogP contribution in [0.1, 0.15) is 30.6 Å². The van der Waals surface area contributed by atoms with E-state index >= 15 is 0 Å². The van der Waals surface area contributed by atoms with Gasteiger partial charge in [-0.2, -0.15) is 0 Å². The predicted octanol–water partition coefficient (Wildman–Crippen LogP) is 1.24. The Labute approximate surface area is 149 Å². The Morgan fingerprint density at radius 2 is 1.84 bits per heavy atom. The van der Waals surface area contributed by atoms with Crippen molar-refractivity contribution in [1.29, 1.82) is 0 Å². The fourth-order valence-electron chi connectivity index (χ4n) is 2.68. The number of hydrogen-bond donors (Lipinski definition) is 4. The summed E-state index contributed by atoms with van der Waals surface area (Å²) in [5.74, 6) is -0.0847. The molecule has 1 aromatic rings. The van der Waals surface area contributed by atoms with Crippen molar-refractivity contribution in [1.82, 2.24) is 20.9 Å². The molecule has 7 nitrogen and oxygen atoms in total. The van der Waals surface area contributed by atoms with Gasteiger partial charge in [0.1, 0.15) is 0 Å². The summed E-state index contributed by atoms with van der Waals surface area (Å²) < 4.78 is 0. The van der Waals surface area contributed by atoms with Crippen LogP contribution in [0.15, 0.2) is 24.3 Å². The molecule has 138 valence electrons. The van der Waals surface area contributed by atoms with Crippen molar-refractivity contribution in [2.75, 3.05) is 44.6 Å². The van der Waals surface area contributed by atoms with Gasteiger partial charge in [0, 0.05) is 50.0 Å². The quantitative estimate of drug-likeness (QED) is 0.559. The highest BCUT2D eigenvalue weighted by molar-refractivity contribution is 5.95. The third kappa shape index (κ3) is 7.11. The van der Waals surface area contributed by atoms with Gasteiger partial charge in [0.2, 0.25) is 0 Å². The molecule has 0 atom stereocenters. The number of urea groups is 1. The van der Waals surface area contributed by atoms with E-state index in [1.165, 1.54) is 0 Å². The molecule has 0 saturated carbocycles. The van der Waals surface area contributed by atoms with Gasteiger partial charge in [0.15, 0.2) is 0 Å². The molecule has 0 spiro atoms. The van der Waals surface area contributed by atoms with Crippen LogP contribution in [-0.2, 0) is 0 Å². The van der Waals surface area contributed by atoms with Gasteiger partial charge < -0.3 is 26.2 Å². The average molecular weight is 347 g/mol. The Balaban J connectivity index is 1.69. The van der Waals surface area contributed by atoms with E-state index in [1.54, 1.807) is 24.3 Å². The molecular formula is C18H29N5O2. The number of rotatable bonds is 7. The average Bonchev–Trinajstić information content (AvgIpc) is 2.59. The third-order valence-corrected chi connectivity index (χ3v) is 3.97. The number of carbonyl (C=O) groups excluding carboxylic acids is 2. The van der Waals surface area contributed by atoms with E-state index < -0.39 is 0 Å². The molecule has 1 fully saturated rings. The lowest BCUT2D eigenvalue weighted by molar-refractivity contribution is 0.0951. The molecule has 25 heavy (non-hydrogen) atoms. The summed E-state index contributed by atoms with van der Waals surface area (Å²) >= 11 is 0. The van der Waals surface area contributed by atoms with Crippen LogP contribution in [0, 0.1) is 0 Å². The van der Waals surface area contributed by atoms with E-state index in [9.17, 15) is 9.59 Å². The zero-order valence-electron chi connectivity index (χ0n) is 15.1. The molecule has 1 aliphatic rings. The van der Waals surface area contributed by atoms with Crippen LogP contribution >= 0.6 is 0 Å². The van der Waals surface area contributed by atoms with Gasteiger partial charge in [-0.3, -0.25) is 4.79 Å². The van der Waals surface area contributed by atoms with Gasteiger partial charge in [-0.05, 0) is 51.1 Å². The summed E-state index contributed by atoms with van der Waals surface area (Å²) in [6, 6.07) is 6.73. The first-order chi connectivity index (χ1) is 12.0. The fourth-order valence-corrected chi connectivity index (χ4v) is 2.68. The second-order valence-corrected chi connectivity index (χ2v) is 6.53. The first kappa shape index (κ1) is 19.2. The highest BCUT2D eigenvalue weighted by Gasteiger charge is 2.10. The lowest BCUT2D eigenvalue weighted by atomic mass is 10.2. The molecule has 1 heterocycles. The van der Waals surface area contributed by atoms with Crippen molar-refractivity contribution in [3.63, 3.8) is 0 Å². The Morgan fingerprint density at radius 3 is 2.48 bits per heavy atom. The van der Waals surface area contributed by atoms with Crippen LogP contribution in [0.4, 0.5) is 10.5 Å². The third-order valence-electron chi connectivity index (χ3n) is 3.97. The first-order valence-corrected chi connectivity index (χ1v) is 8.93. The highest BCUT2D eigenvalue weighted by atomic mass is 16.2. The minimum Gasteiger partial charge on any atom is -0.352 e. The van der Waals surface area contributed by atoms with Gasteiger partial charge >= 0.3 is 6.03 Å². The largest absolute Gasteiger partial charge is 0.352 e. The van der Waals surface area contributed by atoms with Crippen molar-refractivity contribution in [2.24, 2.45) is 0 Å². The van der Waals surface area contributed by atoms with E-state index in [-0.39, 0.29) is 18.0 Å². The van der Waals surface area contributed by atoms with Crippen LogP contribution in [0.3, 0.4) is 0 Å². The number of benzene rings is 1. The van der Waals surface area contributed by atoms with Crippen molar-refractivity contribution < 1.29 is 9.59 Å². The first-order valence-electron chi connectivity index (χ1n) is 8.93. The number of piperazine rings is 1. The molecule has 2 rings (SSSR count). The standard InChI is InChI=1S/C18H29N5O2/c1-14(2)21-18(25)22-16-6-4-15(5-7-16)17(24)20-8-3-11-23-12-9-19-10-13-23/h4-7,14,19H,3,8-13H2,1-2H3,(H,20,24)(H2,21,22,25). The maximum atomic E-state index is 12.1. The Kier molecular flexibility index (Phi) is 7.69. The van der Waals surface area contributed by atoms with Crippen LogP contribution in [0.5, 0.6) is 0 Å². The lowest BCUT2D eigenvalue weighted by Crippen LogP contribution is -2.44. The van der Waals surface area contributed by atoms with Gasteiger partial charge in [0.25, 0.3) is 5.91 Å². The second-order valence-electron chi connectivity index (χ2n) is 6.53. The molecule has 0 aromatic heterocycles. The van der Waals surface area contributed by atoms with Crippen LogP contribution in [-0.4, -0.2) is 62.1 Å². The van der Waals surface area contributed by atoms with Crippen molar-refractivity contribution >= 4 is 17.6 Å². The molecule has 0 aliphatic carbocycles. The maximum absolute atomic E-state index is 12.1. The van der Waals surface area contributed by atoms with Gasteiger partial charge in [-0.25, -0.2) is 4.79 Å². The molecule has 0 unspecified atom stereocenters. The number of carbonyl (C=O) groups is 2. The van der Waals surface area contributed by atoms with E-state index in [2.05, 4.69) is 26.2 Å². The Morgan fingerprint density at radius 1 is 1.16 bits per heavy atom. The SMILES string of the molecule is CC(C)NC(=O)Nc1ccc(C(=O)NCCCN2CCNCC2)cc1. The summed E-state index contributed by atoms with van der Waals surface area (Å²) in [4.78, 5) is 26.2. The van der Waals surface area contributed by atoms with Gasteiger partial charge in [-0.1, -0.05) is 0 Å². The van der Waals surface area contributed by atoms with Gasteiger partial charge in [0.05, 0.1) is 0 Å². The molecule has 4 N–H and O–H groups in total. The summed E-state index contributed by atoms with van der Waals surface area (Å²) in [6.45, 7) is 9.71. The molecule has 0 bridgehead atoms. The van der Waals surface area contributed by atoms with E-state index in [0.29, 0.717) is 17.8 Å². The van der Waals surface area contributed by atoms with E-state index in [0.717, 1.165) is 39.1 Å². The smallest absolute Gasteiger partial charge is 0.319 e. The van der Waals surface area contributed by atoms with Crippen LogP contribution < -0.4 is 21.3 Å². The zero-order valence-corrected chi connectivity index (χ0v) is 15.1. The lowest BCUT2D eigenvalue weighted by Gasteiger charge is -2.27. The molecule has 3 amide bonds. The van der Waals surface area contributed by atoms with Crippen molar-refractivity contribution in [3.05, 3.63) is 29.8 Å². The second kappa shape index (κ2) is 10.0. The maximum Gasteiger partial charge on any atom is 0.319 e. The number of hydrogen-bond acceptors (Lipinski definition) is 4. The van der Waals surface area contributed by atoms with Crippen molar-refractivity contribution in [2.45, 2.75) is 26.3 Å².